The van der Waals surface area contributed by atoms with E-state index in [-0.39, 0.29) is 0 Å². The molecule has 2 nitrogen and oxygen atoms in total. The Morgan fingerprint density at radius 3 is 2.57 bits per heavy atom. The van der Waals surface area contributed by atoms with E-state index in [1.54, 1.807) is 7.11 Å². The van der Waals surface area contributed by atoms with Crippen LogP contribution < -0.4 is 10.5 Å². The van der Waals surface area contributed by atoms with Gasteiger partial charge in [-0.3, -0.25) is 0 Å². The molecule has 2 N–H and O–H groups in total. The third-order valence-corrected chi connectivity index (χ3v) is 2.35. The van der Waals surface area contributed by atoms with Crippen LogP contribution in [0, 0.1) is 0 Å². The molecule has 0 aromatic heterocycles. The molecule has 78 valence electrons. The Balaban J connectivity index is 2.99. The topological polar surface area (TPSA) is 35.2 Å². The van der Waals surface area contributed by atoms with Crippen LogP contribution >= 0.6 is 0 Å². The molecule has 0 spiro atoms. The lowest BCUT2D eigenvalue weighted by Crippen LogP contribution is -2.03. The average molecular weight is 193 g/mol. The highest BCUT2D eigenvalue weighted by atomic mass is 16.5. The minimum Gasteiger partial charge on any atom is -0.496 e. The second kappa shape index (κ2) is 5.01. The zero-order valence-corrected chi connectivity index (χ0v) is 9.21. The van der Waals surface area contributed by atoms with Crippen molar-refractivity contribution in [2.24, 2.45) is 5.73 Å². The maximum atomic E-state index is 5.51. The van der Waals surface area contributed by atoms with Gasteiger partial charge in [0.15, 0.2) is 0 Å². The van der Waals surface area contributed by atoms with Crippen molar-refractivity contribution < 1.29 is 4.74 Å². The molecule has 0 aliphatic rings. The Labute approximate surface area is 86.1 Å². The minimum absolute atomic E-state index is 0.497. The van der Waals surface area contributed by atoms with Crippen molar-refractivity contribution in [1.29, 1.82) is 0 Å². The molecule has 0 amide bonds. The SMILES string of the molecule is COc1cc(CCN)ccc1C(C)C. The van der Waals surface area contributed by atoms with Crippen LogP contribution in [-0.2, 0) is 6.42 Å². The quantitative estimate of drug-likeness (QED) is 0.796. The summed E-state index contributed by atoms with van der Waals surface area (Å²) >= 11 is 0. The van der Waals surface area contributed by atoms with Gasteiger partial charge in [0, 0.05) is 0 Å². The number of rotatable bonds is 4. The fraction of sp³-hybridized carbons (Fsp3) is 0.500. The highest BCUT2D eigenvalue weighted by Crippen LogP contribution is 2.27. The smallest absolute Gasteiger partial charge is 0.122 e. The van der Waals surface area contributed by atoms with Crippen molar-refractivity contribution in [2.45, 2.75) is 26.2 Å². The summed E-state index contributed by atoms with van der Waals surface area (Å²) in [5.74, 6) is 1.47. The predicted molar refractivity (Wildman–Crippen MR) is 59.8 cm³/mol. The first-order chi connectivity index (χ1) is 6.69. The molecule has 0 unspecified atom stereocenters. The summed E-state index contributed by atoms with van der Waals surface area (Å²) in [6.07, 6.45) is 0.911. The highest BCUT2D eigenvalue weighted by molar-refractivity contribution is 5.39. The molecule has 0 heterocycles. The third-order valence-electron chi connectivity index (χ3n) is 2.35. The summed E-state index contributed by atoms with van der Waals surface area (Å²) in [5, 5.41) is 0. The molecular formula is C12H19NO. The Morgan fingerprint density at radius 1 is 1.36 bits per heavy atom. The molecule has 1 rings (SSSR count). The van der Waals surface area contributed by atoms with Crippen molar-refractivity contribution in [3.8, 4) is 5.75 Å². The normalized spacial score (nSPS) is 10.6. The van der Waals surface area contributed by atoms with Crippen LogP contribution in [0.15, 0.2) is 18.2 Å². The van der Waals surface area contributed by atoms with Gasteiger partial charge in [-0.15, -0.1) is 0 Å². The van der Waals surface area contributed by atoms with Gasteiger partial charge >= 0.3 is 0 Å². The van der Waals surface area contributed by atoms with E-state index in [2.05, 4.69) is 32.0 Å². The maximum absolute atomic E-state index is 5.51. The molecule has 2 heteroatoms. The monoisotopic (exact) mass is 193 g/mol. The van der Waals surface area contributed by atoms with Gasteiger partial charge in [0.25, 0.3) is 0 Å². The first kappa shape index (κ1) is 11.1. The van der Waals surface area contributed by atoms with E-state index in [1.165, 1.54) is 11.1 Å². The van der Waals surface area contributed by atoms with Crippen LogP contribution in [-0.4, -0.2) is 13.7 Å². The van der Waals surface area contributed by atoms with E-state index in [0.29, 0.717) is 12.5 Å². The van der Waals surface area contributed by atoms with Crippen LogP contribution in [0.3, 0.4) is 0 Å². The molecule has 0 radical (unpaired) electrons. The Kier molecular flexibility index (Phi) is 3.96. The van der Waals surface area contributed by atoms with Gasteiger partial charge in [-0.25, -0.2) is 0 Å². The minimum atomic E-state index is 0.497. The van der Waals surface area contributed by atoms with Crippen LogP contribution in [0.25, 0.3) is 0 Å². The highest BCUT2D eigenvalue weighted by Gasteiger charge is 2.07. The molecule has 0 fully saturated rings. The van der Waals surface area contributed by atoms with Crippen LogP contribution in [0.1, 0.15) is 30.9 Å². The molecule has 0 saturated heterocycles. The summed E-state index contributed by atoms with van der Waals surface area (Å²) in [4.78, 5) is 0. The van der Waals surface area contributed by atoms with Crippen LogP contribution in [0.5, 0.6) is 5.75 Å². The Hall–Kier alpha value is -1.02. The average Bonchev–Trinajstić information content (AvgIpc) is 2.17. The lowest BCUT2D eigenvalue weighted by Gasteiger charge is -2.12. The van der Waals surface area contributed by atoms with Gasteiger partial charge in [-0.1, -0.05) is 26.0 Å². The van der Waals surface area contributed by atoms with Crippen molar-refractivity contribution in [3.05, 3.63) is 29.3 Å². The molecule has 1 aromatic rings. The Bertz CT molecular complexity index is 294. The molecule has 0 atom stereocenters. The predicted octanol–water partition coefficient (Wildman–Crippen LogP) is 2.32. The van der Waals surface area contributed by atoms with Gasteiger partial charge in [-0.05, 0) is 36.1 Å². The fourth-order valence-electron chi connectivity index (χ4n) is 1.55. The van der Waals surface area contributed by atoms with Gasteiger partial charge in [0.1, 0.15) is 5.75 Å². The summed E-state index contributed by atoms with van der Waals surface area (Å²) in [5.41, 5.74) is 8.01. The third kappa shape index (κ3) is 2.48. The standard InChI is InChI=1S/C12H19NO/c1-9(2)11-5-4-10(6-7-13)8-12(11)14-3/h4-5,8-9H,6-7,13H2,1-3H3. The summed E-state index contributed by atoms with van der Waals surface area (Å²) in [7, 11) is 1.72. The summed E-state index contributed by atoms with van der Waals surface area (Å²) in [6.45, 7) is 5.02. The number of nitrogens with two attached hydrogens (primary N) is 1. The summed E-state index contributed by atoms with van der Waals surface area (Å²) in [6, 6.07) is 6.35. The fourth-order valence-corrected chi connectivity index (χ4v) is 1.55. The number of ether oxygens (including phenoxy) is 1. The van der Waals surface area contributed by atoms with Crippen molar-refractivity contribution in [1.82, 2.24) is 0 Å². The van der Waals surface area contributed by atoms with Gasteiger partial charge < -0.3 is 10.5 Å². The largest absolute Gasteiger partial charge is 0.496 e. The number of benzene rings is 1. The van der Waals surface area contributed by atoms with E-state index in [0.717, 1.165) is 12.2 Å². The van der Waals surface area contributed by atoms with E-state index in [4.69, 9.17) is 10.5 Å². The second-order valence-electron chi connectivity index (χ2n) is 3.77. The van der Waals surface area contributed by atoms with Crippen molar-refractivity contribution in [3.63, 3.8) is 0 Å². The van der Waals surface area contributed by atoms with E-state index < -0.39 is 0 Å². The van der Waals surface area contributed by atoms with E-state index in [1.807, 2.05) is 0 Å². The number of hydrogen-bond donors (Lipinski definition) is 1. The van der Waals surface area contributed by atoms with Gasteiger partial charge in [0.2, 0.25) is 0 Å². The molecule has 0 saturated carbocycles. The second-order valence-corrected chi connectivity index (χ2v) is 3.77. The Morgan fingerprint density at radius 2 is 2.07 bits per heavy atom. The first-order valence-electron chi connectivity index (χ1n) is 5.06. The molecular weight excluding hydrogens is 174 g/mol. The molecule has 0 aliphatic carbocycles. The maximum Gasteiger partial charge on any atom is 0.122 e. The molecule has 0 bridgehead atoms. The lowest BCUT2D eigenvalue weighted by molar-refractivity contribution is 0.407. The molecule has 14 heavy (non-hydrogen) atoms. The van der Waals surface area contributed by atoms with E-state index in [9.17, 15) is 0 Å². The summed E-state index contributed by atoms with van der Waals surface area (Å²) < 4.78 is 5.35. The number of hydrogen-bond acceptors (Lipinski definition) is 2. The zero-order chi connectivity index (χ0) is 10.6. The van der Waals surface area contributed by atoms with Crippen molar-refractivity contribution >= 4 is 0 Å². The van der Waals surface area contributed by atoms with Gasteiger partial charge in [-0.2, -0.15) is 0 Å². The number of methoxy groups -OCH3 is 1. The lowest BCUT2D eigenvalue weighted by atomic mass is 9.99. The van der Waals surface area contributed by atoms with E-state index >= 15 is 0 Å². The van der Waals surface area contributed by atoms with Crippen LogP contribution in [0.2, 0.25) is 0 Å². The van der Waals surface area contributed by atoms with Gasteiger partial charge in [0.05, 0.1) is 7.11 Å². The zero-order valence-electron chi connectivity index (χ0n) is 9.21. The molecule has 1 aromatic carbocycles. The van der Waals surface area contributed by atoms with Crippen LogP contribution in [0.4, 0.5) is 0 Å². The van der Waals surface area contributed by atoms with Crippen molar-refractivity contribution in [2.75, 3.05) is 13.7 Å². The first-order valence-corrected chi connectivity index (χ1v) is 5.06. The molecule has 0 aliphatic heterocycles.